The zero-order valence-electron chi connectivity index (χ0n) is 6.94. The third-order valence-electron chi connectivity index (χ3n) is 2.06. The predicted molar refractivity (Wildman–Crippen MR) is 48.9 cm³/mol. The van der Waals surface area contributed by atoms with Crippen LogP contribution in [0.4, 0.5) is 0 Å². The van der Waals surface area contributed by atoms with Crippen LogP contribution < -0.4 is 5.32 Å². The van der Waals surface area contributed by atoms with Crippen LogP contribution in [0.2, 0.25) is 0 Å². The van der Waals surface area contributed by atoms with E-state index in [9.17, 15) is 0 Å². The topological polar surface area (TPSA) is 15.3 Å². The first-order valence-corrected chi connectivity index (χ1v) is 4.40. The van der Waals surface area contributed by atoms with Gasteiger partial charge in [-0.3, -0.25) is 4.90 Å². The molecule has 0 spiro atoms. The average molecular weight is 175 g/mol. The van der Waals surface area contributed by atoms with E-state index in [4.69, 9.17) is 11.6 Å². The Balaban J connectivity index is 2.29. The highest BCUT2D eigenvalue weighted by Gasteiger charge is 2.22. The van der Waals surface area contributed by atoms with Gasteiger partial charge in [0.05, 0.1) is 0 Å². The fourth-order valence-corrected chi connectivity index (χ4v) is 1.40. The normalized spacial score (nSPS) is 18.5. The number of likely N-dealkylation sites (N-methyl/N-ethyl adjacent to an activating group) is 1. The maximum absolute atomic E-state index is 5.72. The third kappa shape index (κ3) is 2.47. The molecule has 0 radical (unpaired) electrons. The lowest BCUT2D eigenvalue weighted by molar-refractivity contribution is 0.168. The Hall–Kier alpha value is -0.0500. The second-order valence-electron chi connectivity index (χ2n) is 2.89. The molecule has 1 rings (SSSR count). The van der Waals surface area contributed by atoms with Gasteiger partial charge in [-0.2, -0.15) is 0 Å². The van der Waals surface area contributed by atoms with E-state index in [1.54, 1.807) is 0 Å². The fourth-order valence-electron chi connectivity index (χ4n) is 1.25. The SMILES string of the molecule is C=C(Cl)CN(CC)C1CNC1. The van der Waals surface area contributed by atoms with Crippen LogP contribution in [-0.4, -0.2) is 37.1 Å². The first kappa shape index (κ1) is 9.04. The molecule has 0 unspecified atom stereocenters. The van der Waals surface area contributed by atoms with E-state index in [1.807, 2.05) is 0 Å². The first-order valence-electron chi connectivity index (χ1n) is 4.02. The monoisotopic (exact) mass is 174 g/mol. The number of hydrogen-bond acceptors (Lipinski definition) is 2. The predicted octanol–water partition coefficient (Wildman–Crippen LogP) is 1.03. The maximum atomic E-state index is 5.72. The summed E-state index contributed by atoms with van der Waals surface area (Å²) in [4.78, 5) is 2.34. The number of rotatable bonds is 4. The molecule has 0 aromatic carbocycles. The van der Waals surface area contributed by atoms with Crippen molar-refractivity contribution in [3.8, 4) is 0 Å². The Morgan fingerprint density at radius 3 is 2.64 bits per heavy atom. The van der Waals surface area contributed by atoms with Gasteiger partial charge < -0.3 is 5.32 Å². The molecule has 1 saturated heterocycles. The molecular weight excluding hydrogens is 160 g/mol. The number of nitrogens with one attached hydrogen (secondary N) is 1. The van der Waals surface area contributed by atoms with Crippen molar-refractivity contribution >= 4 is 11.6 Å². The van der Waals surface area contributed by atoms with Gasteiger partial charge in [-0.05, 0) is 6.54 Å². The van der Waals surface area contributed by atoms with Crippen LogP contribution in [0.3, 0.4) is 0 Å². The van der Waals surface area contributed by atoms with E-state index in [0.29, 0.717) is 6.04 Å². The van der Waals surface area contributed by atoms with Crippen LogP contribution in [0, 0.1) is 0 Å². The molecule has 0 saturated carbocycles. The zero-order valence-corrected chi connectivity index (χ0v) is 7.69. The van der Waals surface area contributed by atoms with E-state index in [-0.39, 0.29) is 0 Å². The molecule has 1 aliphatic rings. The van der Waals surface area contributed by atoms with Crippen molar-refractivity contribution in [2.24, 2.45) is 0 Å². The van der Waals surface area contributed by atoms with Crippen molar-refractivity contribution in [2.45, 2.75) is 13.0 Å². The first-order chi connectivity index (χ1) is 5.24. The molecule has 64 valence electrons. The van der Waals surface area contributed by atoms with Crippen LogP contribution in [0.15, 0.2) is 11.6 Å². The second kappa shape index (κ2) is 4.10. The van der Waals surface area contributed by atoms with Gasteiger partial charge in [-0.1, -0.05) is 25.1 Å². The summed E-state index contributed by atoms with van der Waals surface area (Å²) in [5, 5.41) is 3.97. The molecular formula is C8H15ClN2. The average Bonchev–Trinajstić information content (AvgIpc) is 1.81. The fraction of sp³-hybridized carbons (Fsp3) is 0.750. The molecule has 0 aliphatic carbocycles. The minimum absolute atomic E-state index is 0.676. The van der Waals surface area contributed by atoms with Crippen molar-refractivity contribution in [1.82, 2.24) is 10.2 Å². The Labute approximate surface area is 73.2 Å². The van der Waals surface area contributed by atoms with Gasteiger partial charge in [0, 0.05) is 30.7 Å². The van der Waals surface area contributed by atoms with Gasteiger partial charge in [0.1, 0.15) is 0 Å². The summed E-state index contributed by atoms with van der Waals surface area (Å²) in [6, 6.07) is 0.676. The molecule has 0 aromatic heterocycles. The molecule has 0 bridgehead atoms. The molecule has 1 aliphatic heterocycles. The Bertz CT molecular complexity index is 143. The molecule has 0 aromatic rings. The van der Waals surface area contributed by atoms with Crippen LogP contribution >= 0.6 is 11.6 Å². The maximum Gasteiger partial charge on any atom is 0.0349 e. The highest BCUT2D eigenvalue weighted by Crippen LogP contribution is 2.08. The summed E-state index contributed by atoms with van der Waals surface area (Å²) >= 11 is 5.72. The van der Waals surface area contributed by atoms with E-state index >= 15 is 0 Å². The molecule has 0 amide bonds. The summed E-state index contributed by atoms with van der Waals surface area (Å²) in [5.74, 6) is 0. The van der Waals surface area contributed by atoms with Crippen molar-refractivity contribution in [1.29, 1.82) is 0 Å². The van der Waals surface area contributed by atoms with E-state index in [2.05, 4.69) is 23.7 Å². The summed E-state index contributed by atoms with van der Waals surface area (Å²) in [7, 11) is 0. The largest absolute Gasteiger partial charge is 0.314 e. The Morgan fingerprint density at radius 2 is 2.36 bits per heavy atom. The van der Waals surface area contributed by atoms with Crippen LogP contribution in [-0.2, 0) is 0 Å². The molecule has 1 N–H and O–H groups in total. The number of hydrogen-bond donors (Lipinski definition) is 1. The second-order valence-corrected chi connectivity index (χ2v) is 3.43. The molecule has 1 heterocycles. The van der Waals surface area contributed by atoms with Crippen LogP contribution in [0.5, 0.6) is 0 Å². The minimum atomic E-state index is 0.676. The lowest BCUT2D eigenvalue weighted by Crippen LogP contribution is -2.57. The van der Waals surface area contributed by atoms with Gasteiger partial charge >= 0.3 is 0 Å². The van der Waals surface area contributed by atoms with E-state index in [0.717, 1.165) is 31.2 Å². The lowest BCUT2D eigenvalue weighted by atomic mass is 10.1. The van der Waals surface area contributed by atoms with Gasteiger partial charge in [0.2, 0.25) is 0 Å². The zero-order chi connectivity index (χ0) is 8.27. The summed E-state index contributed by atoms with van der Waals surface area (Å²) in [5.41, 5.74) is 0. The molecule has 0 atom stereocenters. The quantitative estimate of drug-likeness (QED) is 0.685. The molecule has 11 heavy (non-hydrogen) atoms. The summed E-state index contributed by atoms with van der Waals surface area (Å²) in [6.07, 6.45) is 0. The van der Waals surface area contributed by atoms with Gasteiger partial charge in [-0.15, -0.1) is 0 Å². The van der Waals surface area contributed by atoms with Gasteiger partial charge in [0.25, 0.3) is 0 Å². The number of halogens is 1. The summed E-state index contributed by atoms with van der Waals surface area (Å²) < 4.78 is 0. The van der Waals surface area contributed by atoms with Gasteiger partial charge in [-0.25, -0.2) is 0 Å². The number of nitrogens with zero attached hydrogens (tertiary/aromatic N) is 1. The smallest absolute Gasteiger partial charge is 0.0349 e. The van der Waals surface area contributed by atoms with Crippen molar-refractivity contribution in [2.75, 3.05) is 26.2 Å². The van der Waals surface area contributed by atoms with Crippen molar-refractivity contribution in [3.05, 3.63) is 11.6 Å². The highest BCUT2D eigenvalue weighted by molar-refractivity contribution is 6.29. The van der Waals surface area contributed by atoms with E-state index < -0.39 is 0 Å². The highest BCUT2D eigenvalue weighted by atomic mass is 35.5. The standard InChI is InChI=1S/C8H15ClN2/c1-3-11(6-7(2)9)8-4-10-5-8/h8,10H,2-6H2,1H3. The Kier molecular flexibility index (Phi) is 3.37. The van der Waals surface area contributed by atoms with Crippen molar-refractivity contribution in [3.63, 3.8) is 0 Å². The van der Waals surface area contributed by atoms with Crippen LogP contribution in [0.1, 0.15) is 6.92 Å². The van der Waals surface area contributed by atoms with Crippen LogP contribution in [0.25, 0.3) is 0 Å². The van der Waals surface area contributed by atoms with Crippen molar-refractivity contribution < 1.29 is 0 Å². The van der Waals surface area contributed by atoms with Gasteiger partial charge in [0.15, 0.2) is 0 Å². The molecule has 2 nitrogen and oxygen atoms in total. The lowest BCUT2D eigenvalue weighted by Gasteiger charge is -2.37. The van der Waals surface area contributed by atoms with E-state index in [1.165, 1.54) is 0 Å². The third-order valence-corrected chi connectivity index (χ3v) is 2.18. The molecule has 1 fully saturated rings. The minimum Gasteiger partial charge on any atom is -0.314 e. The Morgan fingerprint density at radius 1 is 1.73 bits per heavy atom. The summed E-state index contributed by atoms with van der Waals surface area (Å²) in [6.45, 7) is 9.91. The molecule has 3 heteroatoms.